The molecule has 0 heteroatoms. The largest absolute Gasteiger partial charge is 0.0683 e. The van der Waals surface area contributed by atoms with E-state index in [-0.39, 0.29) is 0 Å². The van der Waals surface area contributed by atoms with Crippen LogP contribution < -0.4 is 0 Å². The van der Waals surface area contributed by atoms with Gasteiger partial charge in [0.2, 0.25) is 0 Å². The highest BCUT2D eigenvalue weighted by atomic mass is 14.6. The van der Waals surface area contributed by atoms with Gasteiger partial charge in [-0.1, -0.05) is 89.0 Å². The van der Waals surface area contributed by atoms with Crippen molar-refractivity contribution in [1.82, 2.24) is 0 Å². The van der Waals surface area contributed by atoms with Crippen molar-refractivity contribution >= 4 is 0 Å². The van der Waals surface area contributed by atoms with Gasteiger partial charge in [0.1, 0.15) is 0 Å². The fourth-order valence-electron chi connectivity index (χ4n) is 3.80. The van der Waals surface area contributed by atoms with Crippen LogP contribution in [0.25, 0.3) is 0 Å². The summed E-state index contributed by atoms with van der Waals surface area (Å²) < 4.78 is 0. The molecule has 1 aliphatic carbocycles. The summed E-state index contributed by atoms with van der Waals surface area (Å²) in [6.07, 6.45) is 4.13. The van der Waals surface area contributed by atoms with Crippen LogP contribution in [-0.4, -0.2) is 0 Å². The van der Waals surface area contributed by atoms with E-state index in [4.69, 9.17) is 0 Å². The summed E-state index contributed by atoms with van der Waals surface area (Å²) in [6, 6.07) is 0. The van der Waals surface area contributed by atoms with Crippen molar-refractivity contribution in [1.29, 1.82) is 0 Å². The lowest BCUT2D eigenvalue weighted by Gasteiger charge is -2.43. The van der Waals surface area contributed by atoms with Gasteiger partial charge < -0.3 is 0 Å². The maximum Gasteiger partial charge on any atom is -0.0269 e. The molecule has 0 amide bonds. The molecule has 0 aromatic rings. The Balaban J connectivity index is 0. The molecule has 0 N–H and O–H groups in total. The van der Waals surface area contributed by atoms with Gasteiger partial charge in [-0.3, -0.25) is 0 Å². The molecular formula is C19H42. The van der Waals surface area contributed by atoms with Gasteiger partial charge in [-0.25, -0.2) is 0 Å². The van der Waals surface area contributed by atoms with Gasteiger partial charge in [0.05, 0.1) is 0 Å². The molecule has 0 aromatic carbocycles. The molecule has 0 saturated heterocycles. The zero-order valence-electron chi connectivity index (χ0n) is 15.9. The predicted octanol–water partition coefficient (Wildman–Crippen LogP) is 7.18. The highest BCUT2D eigenvalue weighted by molar-refractivity contribution is 5.03. The smallest absolute Gasteiger partial charge is 0.0269 e. The third-order valence-corrected chi connectivity index (χ3v) is 5.97. The van der Waals surface area contributed by atoms with Crippen LogP contribution in [0.1, 0.15) is 95.4 Å². The van der Waals surface area contributed by atoms with E-state index in [0.29, 0.717) is 10.8 Å². The fraction of sp³-hybridized carbons (Fsp3) is 1.00. The lowest BCUT2D eigenvalue weighted by molar-refractivity contribution is 0.0560. The summed E-state index contributed by atoms with van der Waals surface area (Å²) in [5.74, 6) is 2.73. The maximum absolute atomic E-state index is 2.50. The predicted molar refractivity (Wildman–Crippen MR) is 91.6 cm³/mol. The van der Waals surface area contributed by atoms with Crippen LogP contribution in [-0.2, 0) is 0 Å². The highest BCUT2D eigenvalue weighted by Crippen LogP contribution is 2.61. The first kappa shape index (κ1) is 21.3. The Labute approximate surface area is 124 Å². The van der Waals surface area contributed by atoms with Crippen molar-refractivity contribution in [2.45, 2.75) is 95.4 Å². The van der Waals surface area contributed by atoms with E-state index in [1.54, 1.807) is 0 Å². The zero-order valence-corrected chi connectivity index (χ0v) is 15.9. The highest BCUT2D eigenvalue weighted by Gasteiger charge is 2.54. The molecule has 0 heterocycles. The summed E-state index contributed by atoms with van der Waals surface area (Å²) in [5.41, 5.74) is 1.01. The van der Waals surface area contributed by atoms with Crippen molar-refractivity contribution in [2.24, 2.45) is 28.6 Å². The normalized spacial score (nSPS) is 28.6. The lowest BCUT2D eigenvalue weighted by atomic mass is 9.62. The molecule has 0 radical (unpaired) electrons. The quantitative estimate of drug-likeness (QED) is 0.509. The molecule has 1 saturated carbocycles. The van der Waals surface area contributed by atoms with Crippen molar-refractivity contribution in [3.63, 3.8) is 0 Å². The Kier molecular flexibility index (Phi) is 10.1. The second-order valence-corrected chi connectivity index (χ2v) is 6.78. The van der Waals surface area contributed by atoms with Crippen LogP contribution in [0.4, 0.5) is 0 Å². The van der Waals surface area contributed by atoms with Crippen LogP contribution in [0.3, 0.4) is 0 Å². The van der Waals surface area contributed by atoms with Gasteiger partial charge in [0, 0.05) is 0 Å². The summed E-state index contributed by atoms with van der Waals surface area (Å²) in [7, 11) is 0. The Morgan fingerprint density at radius 2 is 1.32 bits per heavy atom. The Bertz CT molecular complexity index is 212. The SMILES string of the molecule is CC.CC.CCC(C)C1CC(CC)C(C)(C)C1(C)C. The van der Waals surface area contributed by atoms with Crippen molar-refractivity contribution in [2.75, 3.05) is 0 Å². The first-order valence-electron chi connectivity index (χ1n) is 8.79. The van der Waals surface area contributed by atoms with Crippen molar-refractivity contribution in [3.05, 3.63) is 0 Å². The van der Waals surface area contributed by atoms with Crippen LogP contribution in [0.15, 0.2) is 0 Å². The maximum atomic E-state index is 2.50. The molecule has 3 atom stereocenters. The molecule has 1 fully saturated rings. The molecule has 3 unspecified atom stereocenters. The Morgan fingerprint density at radius 1 is 0.895 bits per heavy atom. The average molecular weight is 271 g/mol. The first-order chi connectivity index (χ1) is 8.79. The minimum absolute atomic E-state index is 0.503. The number of rotatable bonds is 3. The van der Waals surface area contributed by atoms with Gasteiger partial charge in [-0.15, -0.1) is 0 Å². The van der Waals surface area contributed by atoms with E-state index < -0.39 is 0 Å². The zero-order chi connectivity index (χ0) is 15.9. The number of hydrogen-bond acceptors (Lipinski definition) is 0. The van der Waals surface area contributed by atoms with Crippen LogP contribution >= 0.6 is 0 Å². The minimum atomic E-state index is 0.503. The molecule has 0 aromatic heterocycles. The van der Waals surface area contributed by atoms with E-state index >= 15 is 0 Å². The molecule has 0 spiro atoms. The van der Waals surface area contributed by atoms with Crippen LogP contribution in [0.5, 0.6) is 0 Å². The molecule has 1 aliphatic rings. The second-order valence-electron chi connectivity index (χ2n) is 6.78. The third kappa shape index (κ3) is 4.23. The van der Waals surface area contributed by atoms with E-state index in [1.807, 2.05) is 27.7 Å². The minimum Gasteiger partial charge on any atom is -0.0683 e. The van der Waals surface area contributed by atoms with Gasteiger partial charge >= 0.3 is 0 Å². The Morgan fingerprint density at radius 3 is 1.58 bits per heavy atom. The molecule has 19 heavy (non-hydrogen) atoms. The average Bonchev–Trinajstić information content (AvgIpc) is 2.60. The van der Waals surface area contributed by atoms with E-state index in [0.717, 1.165) is 17.8 Å². The van der Waals surface area contributed by atoms with Gasteiger partial charge in [0.25, 0.3) is 0 Å². The van der Waals surface area contributed by atoms with E-state index in [9.17, 15) is 0 Å². The Hall–Kier alpha value is 0. The molecule has 1 rings (SSSR count). The van der Waals surface area contributed by atoms with Gasteiger partial charge in [-0.2, -0.15) is 0 Å². The topological polar surface area (TPSA) is 0 Å². The van der Waals surface area contributed by atoms with Crippen LogP contribution in [0, 0.1) is 28.6 Å². The third-order valence-electron chi connectivity index (χ3n) is 5.97. The lowest BCUT2D eigenvalue weighted by Crippen LogP contribution is -2.36. The molecule has 118 valence electrons. The summed E-state index contributed by atoms with van der Waals surface area (Å²) in [5, 5.41) is 0. The monoisotopic (exact) mass is 270 g/mol. The van der Waals surface area contributed by atoms with Gasteiger partial charge in [0.15, 0.2) is 0 Å². The van der Waals surface area contributed by atoms with Crippen LogP contribution in [0.2, 0.25) is 0 Å². The van der Waals surface area contributed by atoms with Gasteiger partial charge in [-0.05, 0) is 35.0 Å². The second kappa shape index (κ2) is 9.03. The molecular weight excluding hydrogens is 228 g/mol. The standard InChI is InChI=1S/C15H30.2C2H6/c1-8-11(3)13-10-12(9-2)14(4,5)15(13,6)7;2*1-2/h11-13H,8-10H2,1-7H3;2*1-2H3. The molecule has 0 nitrogen and oxygen atoms in total. The summed E-state index contributed by atoms with van der Waals surface area (Å²) in [6.45, 7) is 25.1. The first-order valence-corrected chi connectivity index (χ1v) is 8.79. The number of hydrogen-bond donors (Lipinski definition) is 0. The fourth-order valence-corrected chi connectivity index (χ4v) is 3.80. The molecule has 0 aliphatic heterocycles. The molecule has 0 bridgehead atoms. The van der Waals surface area contributed by atoms with E-state index in [2.05, 4.69) is 48.5 Å². The van der Waals surface area contributed by atoms with Crippen molar-refractivity contribution < 1.29 is 0 Å². The van der Waals surface area contributed by atoms with Crippen molar-refractivity contribution in [3.8, 4) is 0 Å². The van der Waals surface area contributed by atoms with E-state index in [1.165, 1.54) is 19.3 Å². The summed E-state index contributed by atoms with van der Waals surface area (Å²) in [4.78, 5) is 0. The summed E-state index contributed by atoms with van der Waals surface area (Å²) >= 11 is 0.